The molecule has 0 bridgehead atoms. The highest BCUT2D eigenvalue weighted by Gasteiger charge is 2.43. The SMILES string of the molecule is CCOC1CC(NC(=O)C(C)C(=O)O)C1OC. The van der Waals surface area contributed by atoms with E-state index < -0.39 is 17.8 Å². The zero-order chi connectivity index (χ0) is 13.0. The van der Waals surface area contributed by atoms with Gasteiger partial charge in [-0.2, -0.15) is 0 Å². The lowest BCUT2D eigenvalue weighted by Gasteiger charge is -2.43. The zero-order valence-electron chi connectivity index (χ0n) is 10.3. The van der Waals surface area contributed by atoms with Gasteiger partial charge in [-0.3, -0.25) is 9.59 Å². The van der Waals surface area contributed by atoms with Crippen molar-refractivity contribution >= 4 is 11.9 Å². The molecule has 0 aliphatic heterocycles. The molecular formula is C11H19NO5. The van der Waals surface area contributed by atoms with Crippen molar-refractivity contribution in [3.63, 3.8) is 0 Å². The lowest BCUT2D eigenvalue weighted by molar-refractivity contribution is -0.152. The van der Waals surface area contributed by atoms with E-state index in [2.05, 4.69) is 5.32 Å². The number of methoxy groups -OCH3 is 1. The van der Waals surface area contributed by atoms with Crippen LogP contribution in [-0.2, 0) is 19.1 Å². The smallest absolute Gasteiger partial charge is 0.315 e. The summed E-state index contributed by atoms with van der Waals surface area (Å²) in [5.41, 5.74) is 0. The van der Waals surface area contributed by atoms with E-state index in [4.69, 9.17) is 14.6 Å². The average Bonchev–Trinajstić information content (AvgIpc) is 2.26. The highest BCUT2D eigenvalue weighted by Crippen LogP contribution is 2.27. The quantitative estimate of drug-likeness (QED) is 0.644. The lowest BCUT2D eigenvalue weighted by atomic mass is 9.84. The van der Waals surface area contributed by atoms with E-state index in [1.807, 2.05) is 6.92 Å². The molecule has 0 radical (unpaired) electrons. The largest absolute Gasteiger partial charge is 0.481 e. The number of rotatable bonds is 6. The van der Waals surface area contributed by atoms with Crippen molar-refractivity contribution < 1.29 is 24.2 Å². The lowest BCUT2D eigenvalue weighted by Crippen LogP contribution is -2.61. The molecule has 0 spiro atoms. The van der Waals surface area contributed by atoms with E-state index in [-0.39, 0.29) is 18.2 Å². The minimum Gasteiger partial charge on any atom is -0.481 e. The normalized spacial score (nSPS) is 29.2. The van der Waals surface area contributed by atoms with E-state index in [1.165, 1.54) is 6.92 Å². The molecule has 1 fully saturated rings. The molecular weight excluding hydrogens is 226 g/mol. The van der Waals surface area contributed by atoms with Gasteiger partial charge >= 0.3 is 5.97 Å². The number of carboxylic acids is 1. The number of aliphatic carboxylic acids is 1. The summed E-state index contributed by atoms with van der Waals surface area (Å²) < 4.78 is 10.6. The fraction of sp³-hybridized carbons (Fsp3) is 0.818. The maximum Gasteiger partial charge on any atom is 0.315 e. The summed E-state index contributed by atoms with van der Waals surface area (Å²) in [6, 6.07) is -0.161. The molecule has 98 valence electrons. The molecule has 2 N–H and O–H groups in total. The van der Waals surface area contributed by atoms with Crippen LogP contribution in [0.3, 0.4) is 0 Å². The molecule has 1 saturated carbocycles. The van der Waals surface area contributed by atoms with Crippen LogP contribution in [0.15, 0.2) is 0 Å². The average molecular weight is 245 g/mol. The Bertz CT molecular complexity index is 294. The van der Waals surface area contributed by atoms with Crippen LogP contribution in [0, 0.1) is 5.92 Å². The third kappa shape index (κ3) is 3.17. The topological polar surface area (TPSA) is 84.9 Å². The van der Waals surface area contributed by atoms with Gasteiger partial charge in [0.2, 0.25) is 5.91 Å². The molecule has 0 aromatic heterocycles. The van der Waals surface area contributed by atoms with Gasteiger partial charge in [-0.05, 0) is 20.3 Å². The van der Waals surface area contributed by atoms with Crippen LogP contribution in [0.5, 0.6) is 0 Å². The van der Waals surface area contributed by atoms with Gasteiger partial charge in [-0.25, -0.2) is 0 Å². The van der Waals surface area contributed by atoms with Crippen LogP contribution < -0.4 is 5.32 Å². The Morgan fingerprint density at radius 1 is 1.53 bits per heavy atom. The molecule has 0 heterocycles. The highest BCUT2D eigenvalue weighted by atomic mass is 16.5. The fourth-order valence-corrected chi connectivity index (χ4v) is 1.84. The van der Waals surface area contributed by atoms with E-state index in [9.17, 15) is 9.59 Å². The molecule has 4 unspecified atom stereocenters. The van der Waals surface area contributed by atoms with Gasteiger partial charge in [0, 0.05) is 13.7 Å². The maximum atomic E-state index is 11.5. The van der Waals surface area contributed by atoms with Crippen molar-refractivity contribution in [2.24, 2.45) is 5.92 Å². The second-order valence-electron chi connectivity index (χ2n) is 4.10. The molecule has 0 saturated heterocycles. The summed E-state index contributed by atoms with van der Waals surface area (Å²) in [7, 11) is 1.55. The fourth-order valence-electron chi connectivity index (χ4n) is 1.84. The van der Waals surface area contributed by atoms with Crippen LogP contribution in [0.25, 0.3) is 0 Å². The second-order valence-corrected chi connectivity index (χ2v) is 4.10. The summed E-state index contributed by atoms with van der Waals surface area (Å²) in [5, 5.41) is 11.4. The van der Waals surface area contributed by atoms with Crippen LogP contribution in [0.4, 0.5) is 0 Å². The number of hydrogen-bond donors (Lipinski definition) is 2. The Morgan fingerprint density at radius 2 is 2.18 bits per heavy atom. The molecule has 17 heavy (non-hydrogen) atoms. The van der Waals surface area contributed by atoms with Gasteiger partial charge in [0.15, 0.2) is 0 Å². The summed E-state index contributed by atoms with van der Waals surface area (Å²) in [4.78, 5) is 22.2. The monoisotopic (exact) mass is 245 g/mol. The number of carboxylic acid groups (broad SMARTS) is 1. The number of nitrogens with one attached hydrogen (secondary N) is 1. The molecule has 6 heteroatoms. The summed E-state index contributed by atoms with van der Waals surface area (Å²) in [5.74, 6) is -2.66. The predicted molar refractivity (Wildman–Crippen MR) is 59.6 cm³/mol. The first-order valence-corrected chi connectivity index (χ1v) is 5.68. The van der Waals surface area contributed by atoms with Gasteiger partial charge in [-0.1, -0.05) is 0 Å². The van der Waals surface area contributed by atoms with Crippen LogP contribution in [-0.4, -0.2) is 48.9 Å². The number of carbonyl (C=O) groups excluding carboxylic acids is 1. The molecule has 1 amide bonds. The predicted octanol–water partition coefficient (Wildman–Crippen LogP) is 0.0157. The Kier molecular flexibility index (Phi) is 4.89. The van der Waals surface area contributed by atoms with Crippen LogP contribution >= 0.6 is 0 Å². The number of ether oxygens (including phenoxy) is 2. The number of amides is 1. The van der Waals surface area contributed by atoms with E-state index in [0.29, 0.717) is 13.0 Å². The molecule has 4 atom stereocenters. The second kappa shape index (κ2) is 5.97. The first kappa shape index (κ1) is 13.9. The zero-order valence-corrected chi connectivity index (χ0v) is 10.3. The van der Waals surface area contributed by atoms with E-state index in [0.717, 1.165) is 0 Å². The highest BCUT2D eigenvalue weighted by molar-refractivity contribution is 5.96. The molecule has 6 nitrogen and oxygen atoms in total. The van der Waals surface area contributed by atoms with Gasteiger partial charge in [0.05, 0.1) is 12.1 Å². The number of carbonyl (C=O) groups is 2. The van der Waals surface area contributed by atoms with E-state index in [1.54, 1.807) is 7.11 Å². The molecule has 0 aromatic rings. The van der Waals surface area contributed by atoms with Crippen LogP contribution in [0.2, 0.25) is 0 Å². The Hall–Kier alpha value is -1.14. The Morgan fingerprint density at radius 3 is 2.65 bits per heavy atom. The molecule has 0 aromatic carbocycles. The van der Waals surface area contributed by atoms with Gasteiger partial charge in [0.25, 0.3) is 0 Å². The van der Waals surface area contributed by atoms with Gasteiger partial charge < -0.3 is 19.9 Å². The maximum absolute atomic E-state index is 11.5. The van der Waals surface area contributed by atoms with Crippen molar-refractivity contribution in [2.75, 3.05) is 13.7 Å². The Balaban J connectivity index is 2.43. The van der Waals surface area contributed by atoms with Crippen LogP contribution in [0.1, 0.15) is 20.3 Å². The third-order valence-electron chi connectivity index (χ3n) is 2.99. The van der Waals surface area contributed by atoms with Crippen molar-refractivity contribution in [2.45, 2.75) is 38.5 Å². The first-order chi connectivity index (χ1) is 8.01. The Labute approximate surface area is 100 Å². The van der Waals surface area contributed by atoms with Crippen molar-refractivity contribution in [3.8, 4) is 0 Å². The summed E-state index contributed by atoms with van der Waals surface area (Å²) >= 11 is 0. The summed E-state index contributed by atoms with van der Waals surface area (Å²) in [6.45, 7) is 3.85. The van der Waals surface area contributed by atoms with Crippen molar-refractivity contribution in [1.82, 2.24) is 5.32 Å². The first-order valence-electron chi connectivity index (χ1n) is 5.68. The van der Waals surface area contributed by atoms with Crippen molar-refractivity contribution in [1.29, 1.82) is 0 Å². The van der Waals surface area contributed by atoms with Gasteiger partial charge in [-0.15, -0.1) is 0 Å². The van der Waals surface area contributed by atoms with Gasteiger partial charge in [0.1, 0.15) is 12.0 Å². The number of hydrogen-bond acceptors (Lipinski definition) is 4. The molecule has 1 aliphatic rings. The third-order valence-corrected chi connectivity index (χ3v) is 2.99. The molecule has 1 aliphatic carbocycles. The molecule has 1 rings (SSSR count). The van der Waals surface area contributed by atoms with E-state index >= 15 is 0 Å². The van der Waals surface area contributed by atoms with Crippen molar-refractivity contribution in [3.05, 3.63) is 0 Å². The minimum absolute atomic E-state index is 0.0181. The summed E-state index contributed by atoms with van der Waals surface area (Å²) in [6.07, 6.45) is 0.445. The minimum atomic E-state index is -1.13. The standard InChI is InChI=1S/C11H19NO5/c1-4-17-8-5-7(9(8)16-3)12-10(13)6(2)11(14)15/h6-9H,4-5H2,1-3H3,(H,12,13)(H,14,15).